The molecule has 0 atom stereocenters. The molecule has 19 heavy (non-hydrogen) atoms. The predicted octanol–water partition coefficient (Wildman–Crippen LogP) is 3.01. The van der Waals surface area contributed by atoms with Crippen molar-refractivity contribution in [1.29, 1.82) is 0 Å². The average Bonchev–Trinajstić information content (AvgIpc) is 2.35. The van der Waals surface area contributed by atoms with E-state index in [1.54, 1.807) is 24.3 Å². The lowest BCUT2D eigenvalue weighted by Crippen LogP contribution is -2.14. The Morgan fingerprint density at radius 1 is 1.21 bits per heavy atom. The van der Waals surface area contributed by atoms with Gasteiger partial charge in [0.1, 0.15) is 5.82 Å². The maximum absolute atomic E-state index is 13.7. The van der Waals surface area contributed by atoms with Crippen LogP contribution in [0.15, 0.2) is 40.9 Å². The summed E-state index contributed by atoms with van der Waals surface area (Å²) in [5.41, 5.74) is 12.1. The van der Waals surface area contributed by atoms with Crippen LogP contribution in [0.25, 0.3) is 0 Å². The third-order valence-electron chi connectivity index (χ3n) is 2.59. The number of amides is 1. The number of anilines is 3. The third-order valence-corrected chi connectivity index (χ3v) is 3.25. The van der Waals surface area contributed by atoms with Gasteiger partial charge in [-0.05, 0) is 40.2 Å². The molecule has 2 aromatic carbocycles. The Morgan fingerprint density at radius 3 is 2.53 bits per heavy atom. The van der Waals surface area contributed by atoms with E-state index in [1.807, 2.05) is 0 Å². The number of nitrogens with one attached hydrogen (secondary N) is 1. The van der Waals surface area contributed by atoms with E-state index in [0.717, 1.165) is 0 Å². The standard InChI is InChI=1S/C13H11BrFN3O/c14-8-4-2-5-9(15)12(8)18-10-6-1-3-7(11(10)16)13(17)19/h1-6,18H,16H2,(H2,17,19). The number of halogens is 2. The minimum absolute atomic E-state index is 0.185. The fourth-order valence-corrected chi connectivity index (χ4v) is 2.08. The van der Waals surface area contributed by atoms with Crippen molar-refractivity contribution >= 4 is 38.9 Å². The van der Waals surface area contributed by atoms with Crippen LogP contribution in [-0.2, 0) is 0 Å². The summed E-state index contributed by atoms with van der Waals surface area (Å²) in [4.78, 5) is 11.2. The molecule has 0 aliphatic carbocycles. The van der Waals surface area contributed by atoms with Crippen LogP contribution in [0.1, 0.15) is 10.4 Å². The van der Waals surface area contributed by atoms with Crippen molar-refractivity contribution < 1.29 is 9.18 Å². The number of nitrogens with two attached hydrogens (primary N) is 2. The maximum atomic E-state index is 13.7. The molecule has 0 aromatic heterocycles. The second-order valence-corrected chi connectivity index (χ2v) is 4.71. The first-order chi connectivity index (χ1) is 9.00. The maximum Gasteiger partial charge on any atom is 0.250 e. The van der Waals surface area contributed by atoms with Crippen LogP contribution in [0, 0.1) is 5.82 Å². The van der Waals surface area contributed by atoms with Crippen LogP contribution >= 0.6 is 15.9 Å². The smallest absolute Gasteiger partial charge is 0.250 e. The third kappa shape index (κ3) is 2.68. The van der Waals surface area contributed by atoms with Crippen molar-refractivity contribution in [3.05, 3.63) is 52.3 Å². The van der Waals surface area contributed by atoms with E-state index in [4.69, 9.17) is 11.5 Å². The second-order valence-electron chi connectivity index (χ2n) is 3.85. The molecule has 0 saturated heterocycles. The van der Waals surface area contributed by atoms with Gasteiger partial charge in [-0.1, -0.05) is 12.1 Å². The fraction of sp³-hybridized carbons (Fsp3) is 0. The van der Waals surface area contributed by atoms with Gasteiger partial charge in [0.25, 0.3) is 5.91 Å². The number of para-hydroxylation sites is 2. The van der Waals surface area contributed by atoms with Crippen LogP contribution < -0.4 is 16.8 Å². The zero-order chi connectivity index (χ0) is 14.0. The van der Waals surface area contributed by atoms with E-state index in [0.29, 0.717) is 10.2 Å². The molecule has 4 nitrogen and oxygen atoms in total. The Hall–Kier alpha value is -2.08. The van der Waals surface area contributed by atoms with Crippen LogP contribution in [0.4, 0.5) is 21.5 Å². The highest BCUT2D eigenvalue weighted by Gasteiger charge is 2.12. The van der Waals surface area contributed by atoms with Gasteiger partial charge in [0, 0.05) is 4.47 Å². The van der Waals surface area contributed by atoms with Crippen molar-refractivity contribution in [1.82, 2.24) is 0 Å². The Morgan fingerprint density at radius 2 is 1.89 bits per heavy atom. The minimum atomic E-state index is -0.631. The molecule has 6 heteroatoms. The molecule has 0 heterocycles. The number of rotatable bonds is 3. The van der Waals surface area contributed by atoms with Gasteiger partial charge in [0.05, 0.1) is 22.6 Å². The number of nitrogen functional groups attached to an aromatic ring is 1. The molecule has 0 bridgehead atoms. The number of carbonyl (C=O) groups excluding carboxylic acids is 1. The number of hydrogen-bond acceptors (Lipinski definition) is 3. The molecule has 98 valence electrons. The van der Waals surface area contributed by atoms with Crippen molar-refractivity contribution in [2.24, 2.45) is 5.73 Å². The monoisotopic (exact) mass is 323 g/mol. The van der Waals surface area contributed by atoms with Crippen molar-refractivity contribution in [3.63, 3.8) is 0 Å². The topological polar surface area (TPSA) is 81.1 Å². The van der Waals surface area contributed by atoms with E-state index in [2.05, 4.69) is 21.2 Å². The Bertz CT molecular complexity index is 626. The van der Waals surface area contributed by atoms with E-state index in [-0.39, 0.29) is 16.9 Å². The van der Waals surface area contributed by atoms with Crippen molar-refractivity contribution in [3.8, 4) is 0 Å². The van der Waals surface area contributed by atoms with Gasteiger partial charge < -0.3 is 16.8 Å². The van der Waals surface area contributed by atoms with Gasteiger partial charge >= 0.3 is 0 Å². The first-order valence-corrected chi connectivity index (χ1v) is 6.19. The quantitative estimate of drug-likeness (QED) is 0.759. The van der Waals surface area contributed by atoms with Gasteiger partial charge in [0.2, 0.25) is 0 Å². The summed E-state index contributed by atoms with van der Waals surface area (Å²) in [6.07, 6.45) is 0. The first kappa shape index (κ1) is 13.4. The van der Waals surface area contributed by atoms with Crippen molar-refractivity contribution in [2.75, 3.05) is 11.1 Å². The van der Waals surface area contributed by atoms with Gasteiger partial charge in [-0.25, -0.2) is 4.39 Å². The summed E-state index contributed by atoms with van der Waals surface area (Å²) in [6.45, 7) is 0. The normalized spacial score (nSPS) is 10.2. The van der Waals surface area contributed by atoms with Crippen LogP contribution in [0.5, 0.6) is 0 Å². The summed E-state index contributed by atoms with van der Waals surface area (Å²) in [5.74, 6) is -1.06. The summed E-state index contributed by atoms with van der Waals surface area (Å²) >= 11 is 3.24. The molecule has 0 aliphatic heterocycles. The Balaban J connectivity index is 2.45. The minimum Gasteiger partial charge on any atom is -0.396 e. The van der Waals surface area contributed by atoms with E-state index in [9.17, 15) is 9.18 Å². The van der Waals surface area contributed by atoms with Gasteiger partial charge in [0.15, 0.2) is 0 Å². The summed E-state index contributed by atoms with van der Waals surface area (Å²) in [7, 11) is 0. The molecular formula is C13H11BrFN3O. The highest BCUT2D eigenvalue weighted by molar-refractivity contribution is 9.10. The molecule has 0 aliphatic rings. The number of carbonyl (C=O) groups is 1. The molecule has 2 rings (SSSR count). The molecule has 0 saturated carbocycles. The largest absolute Gasteiger partial charge is 0.396 e. The van der Waals surface area contributed by atoms with Gasteiger partial charge in [-0.15, -0.1) is 0 Å². The second kappa shape index (κ2) is 5.27. The van der Waals surface area contributed by atoms with E-state index >= 15 is 0 Å². The molecular weight excluding hydrogens is 313 g/mol. The first-order valence-electron chi connectivity index (χ1n) is 5.40. The number of primary amides is 1. The highest BCUT2D eigenvalue weighted by Crippen LogP contribution is 2.32. The number of benzene rings is 2. The summed E-state index contributed by atoms with van der Waals surface area (Å²) in [6, 6.07) is 9.36. The lowest BCUT2D eigenvalue weighted by atomic mass is 10.1. The molecule has 0 fully saturated rings. The van der Waals surface area contributed by atoms with Crippen LogP contribution in [0.2, 0.25) is 0 Å². The van der Waals surface area contributed by atoms with Gasteiger partial charge in [-0.2, -0.15) is 0 Å². The van der Waals surface area contributed by atoms with Crippen LogP contribution in [-0.4, -0.2) is 5.91 Å². The Kier molecular flexibility index (Phi) is 3.71. The highest BCUT2D eigenvalue weighted by atomic mass is 79.9. The number of hydrogen-bond donors (Lipinski definition) is 3. The molecule has 0 radical (unpaired) electrons. The summed E-state index contributed by atoms with van der Waals surface area (Å²) in [5, 5.41) is 2.85. The Labute approximate surface area is 117 Å². The fourth-order valence-electron chi connectivity index (χ4n) is 1.64. The molecule has 1 amide bonds. The predicted molar refractivity (Wildman–Crippen MR) is 76.8 cm³/mol. The van der Waals surface area contributed by atoms with Crippen LogP contribution in [0.3, 0.4) is 0 Å². The average molecular weight is 324 g/mol. The zero-order valence-corrected chi connectivity index (χ0v) is 11.4. The summed E-state index contributed by atoms with van der Waals surface area (Å²) < 4.78 is 14.3. The molecule has 2 aromatic rings. The molecule has 0 spiro atoms. The van der Waals surface area contributed by atoms with E-state index < -0.39 is 11.7 Å². The lowest BCUT2D eigenvalue weighted by Gasteiger charge is -2.13. The van der Waals surface area contributed by atoms with E-state index in [1.165, 1.54) is 12.1 Å². The van der Waals surface area contributed by atoms with Crippen molar-refractivity contribution in [2.45, 2.75) is 0 Å². The SMILES string of the molecule is NC(=O)c1cccc(Nc2c(F)cccc2Br)c1N. The van der Waals surface area contributed by atoms with Gasteiger partial charge in [-0.3, -0.25) is 4.79 Å². The molecule has 5 N–H and O–H groups in total. The molecule has 0 unspecified atom stereocenters. The lowest BCUT2D eigenvalue weighted by molar-refractivity contribution is 0.100. The zero-order valence-electron chi connectivity index (χ0n) is 9.78.